The molecule has 0 heterocycles. The second-order valence-electron chi connectivity index (χ2n) is 6.16. The predicted molar refractivity (Wildman–Crippen MR) is 95.3 cm³/mol. The van der Waals surface area contributed by atoms with Crippen molar-refractivity contribution < 1.29 is 12.4 Å². The molecule has 0 fully saturated rings. The van der Waals surface area contributed by atoms with Crippen LogP contribution in [0, 0.1) is 6.92 Å². The first kappa shape index (κ1) is 26.9. The maximum atomic E-state index is 3.89. The van der Waals surface area contributed by atoms with E-state index in [0.717, 1.165) is 6.42 Å². The zero-order valence-corrected chi connectivity index (χ0v) is 17.0. The molecule has 0 aliphatic rings. The second-order valence-corrected chi connectivity index (χ2v) is 6.16. The Morgan fingerprint density at radius 3 is 0.952 bits per heavy atom. The number of hydrogen-bond donors (Lipinski definition) is 0. The summed E-state index contributed by atoms with van der Waals surface area (Å²) in [6, 6.07) is 0. The first-order valence-electron chi connectivity index (χ1n) is 9.21. The van der Waals surface area contributed by atoms with Crippen molar-refractivity contribution in [1.29, 1.82) is 0 Å². The molecule has 0 saturated heterocycles. The topological polar surface area (TPSA) is 0 Å². The fourth-order valence-corrected chi connectivity index (χ4v) is 2.72. The maximum Gasteiger partial charge on any atom is 2.00 e. The van der Waals surface area contributed by atoms with Gasteiger partial charge in [-0.1, -0.05) is 110 Å². The van der Waals surface area contributed by atoms with Gasteiger partial charge in [0.05, 0.1) is 0 Å². The normalized spacial score (nSPS) is 10.0. The average Bonchev–Trinajstić information content (AvgIpc) is 2.43. The van der Waals surface area contributed by atoms with Gasteiger partial charge >= 0.3 is 23.1 Å². The second kappa shape index (κ2) is 26.0. The summed E-state index contributed by atoms with van der Waals surface area (Å²) in [7, 11) is 0. The third-order valence-electron chi connectivity index (χ3n) is 4.10. The summed E-state index contributed by atoms with van der Waals surface area (Å²) in [5.41, 5.74) is 0. The van der Waals surface area contributed by atoms with E-state index in [9.17, 15) is 0 Å². The molecule has 0 aliphatic carbocycles. The van der Waals surface area contributed by atoms with Crippen molar-refractivity contribution in [1.82, 2.24) is 0 Å². The van der Waals surface area contributed by atoms with Crippen LogP contribution in [0.3, 0.4) is 0 Å². The van der Waals surface area contributed by atoms with Gasteiger partial charge in [0.15, 0.2) is 0 Å². The Labute approximate surface area is 158 Å². The average molecular weight is 327 g/mol. The Bertz CT molecular complexity index is 135. The van der Waals surface area contributed by atoms with Crippen LogP contribution >= 0.6 is 0 Å². The number of halogens is 1. The van der Waals surface area contributed by atoms with Gasteiger partial charge in [-0.05, 0) is 0 Å². The molecule has 0 saturated carbocycles. The van der Waals surface area contributed by atoms with Crippen molar-refractivity contribution >= 4 is 23.1 Å². The predicted octanol–water partition coefficient (Wildman–Crippen LogP) is 4.10. The molecule has 0 amide bonds. The molecule has 0 radical (unpaired) electrons. The molecule has 0 aromatic rings. The maximum absolute atomic E-state index is 3.89. The summed E-state index contributed by atoms with van der Waals surface area (Å²) in [5.74, 6) is 0. The molecule has 0 N–H and O–H groups in total. The molecule has 0 aliphatic heterocycles. The molecule has 21 heavy (non-hydrogen) atoms. The smallest absolute Gasteiger partial charge is 1.00 e. The van der Waals surface area contributed by atoms with Gasteiger partial charge in [0.1, 0.15) is 0 Å². The van der Waals surface area contributed by atoms with Crippen LogP contribution in [-0.2, 0) is 0 Å². The van der Waals surface area contributed by atoms with Crippen molar-refractivity contribution in [3.8, 4) is 0 Å². The Hall–Kier alpha value is 1.06. The number of hydrogen-bond acceptors (Lipinski definition) is 0. The summed E-state index contributed by atoms with van der Waals surface area (Å²) >= 11 is 0. The van der Waals surface area contributed by atoms with E-state index in [0.29, 0.717) is 0 Å². The summed E-state index contributed by atoms with van der Waals surface area (Å²) in [6.07, 6.45) is 24.3. The summed E-state index contributed by atoms with van der Waals surface area (Å²) in [6.45, 7) is 6.18. The quantitative estimate of drug-likeness (QED) is 0.227. The van der Waals surface area contributed by atoms with Crippen LogP contribution in [0.25, 0.3) is 0 Å². The molecule has 0 unspecified atom stereocenters. The third kappa shape index (κ3) is 26.3. The van der Waals surface area contributed by atoms with Crippen LogP contribution in [0.2, 0.25) is 0 Å². The van der Waals surface area contributed by atoms with Gasteiger partial charge < -0.3 is 19.3 Å². The largest absolute Gasteiger partial charge is 2.00 e. The zero-order valence-electron chi connectivity index (χ0n) is 14.8. The minimum absolute atomic E-state index is 0. The van der Waals surface area contributed by atoms with Gasteiger partial charge in [-0.3, -0.25) is 0 Å². The molecule has 0 aromatic carbocycles. The molecule has 0 atom stereocenters. The standard InChI is InChI=1S/C19H39.ClH.Mg/c1-3-5-7-9-11-13-15-17-19-18-16-14-12-10-8-6-4-2;;/h1,3-19H2,2H3;1H;/q-1;;+2/p-1. The van der Waals surface area contributed by atoms with E-state index in [1.165, 1.54) is 103 Å². The van der Waals surface area contributed by atoms with Gasteiger partial charge in [0.2, 0.25) is 0 Å². The van der Waals surface area contributed by atoms with E-state index >= 15 is 0 Å². The van der Waals surface area contributed by atoms with E-state index in [4.69, 9.17) is 0 Å². The Morgan fingerprint density at radius 1 is 0.476 bits per heavy atom. The van der Waals surface area contributed by atoms with Gasteiger partial charge in [-0.15, -0.1) is 0 Å². The zero-order chi connectivity index (χ0) is 14.0. The van der Waals surface area contributed by atoms with Crippen molar-refractivity contribution in [2.75, 3.05) is 0 Å². The fraction of sp³-hybridized carbons (Fsp3) is 0.947. The van der Waals surface area contributed by atoms with Crippen molar-refractivity contribution in [3.63, 3.8) is 0 Å². The van der Waals surface area contributed by atoms with Crippen molar-refractivity contribution in [2.45, 2.75) is 116 Å². The van der Waals surface area contributed by atoms with E-state index in [-0.39, 0.29) is 35.5 Å². The summed E-state index contributed by atoms with van der Waals surface area (Å²) in [4.78, 5) is 0. The van der Waals surface area contributed by atoms with Crippen LogP contribution < -0.4 is 12.4 Å². The van der Waals surface area contributed by atoms with Crippen molar-refractivity contribution in [3.05, 3.63) is 6.92 Å². The molecule has 0 aromatic heterocycles. The summed E-state index contributed by atoms with van der Waals surface area (Å²) in [5, 5.41) is 0. The van der Waals surface area contributed by atoms with Gasteiger partial charge in [-0.25, -0.2) is 0 Å². The molecular weight excluding hydrogens is 288 g/mol. The van der Waals surface area contributed by atoms with E-state index < -0.39 is 0 Å². The Kier molecular flexibility index (Phi) is 33.3. The van der Waals surface area contributed by atoms with Gasteiger partial charge in [-0.2, -0.15) is 6.42 Å². The molecule has 0 spiro atoms. The molecule has 0 rings (SSSR count). The Balaban J connectivity index is -0.00000162. The molecular formula is C19H39ClMg. The SMILES string of the molecule is [CH2-]CCCCCCCCCCCCCCCCCC.[Cl-].[Mg+2]. The Morgan fingerprint density at radius 2 is 0.714 bits per heavy atom. The molecule has 0 bridgehead atoms. The van der Waals surface area contributed by atoms with Gasteiger partial charge in [0.25, 0.3) is 0 Å². The first-order chi connectivity index (χ1) is 9.41. The molecule has 2 heteroatoms. The fourth-order valence-electron chi connectivity index (χ4n) is 2.72. The third-order valence-corrected chi connectivity index (χ3v) is 4.10. The van der Waals surface area contributed by atoms with Crippen LogP contribution in [0.1, 0.15) is 116 Å². The number of unbranched alkanes of at least 4 members (excludes halogenated alkanes) is 16. The summed E-state index contributed by atoms with van der Waals surface area (Å²) < 4.78 is 0. The van der Waals surface area contributed by atoms with E-state index in [1.807, 2.05) is 0 Å². The number of rotatable bonds is 16. The van der Waals surface area contributed by atoms with E-state index in [2.05, 4.69) is 13.8 Å². The first-order valence-corrected chi connectivity index (χ1v) is 9.21. The molecule has 0 nitrogen and oxygen atoms in total. The minimum atomic E-state index is 0. The molecule has 124 valence electrons. The monoisotopic (exact) mass is 326 g/mol. The van der Waals surface area contributed by atoms with Crippen LogP contribution in [0.4, 0.5) is 0 Å². The van der Waals surface area contributed by atoms with Gasteiger partial charge in [0, 0.05) is 0 Å². The van der Waals surface area contributed by atoms with Crippen LogP contribution in [0.15, 0.2) is 0 Å². The van der Waals surface area contributed by atoms with Crippen molar-refractivity contribution in [2.24, 2.45) is 0 Å². The minimum Gasteiger partial charge on any atom is -1.00 e. The van der Waals surface area contributed by atoms with E-state index in [1.54, 1.807) is 0 Å². The van der Waals surface area contributed by atoms with Crippen LogP contribution in [-0.4, -0.2) is 23.1 Å². The van der Waals surface area contributed by atoms with Crippen LogP contribution in [0.5, 0.6) is 0 Å².